The Balaban J connectivity index is 1.41. The predicted molar refractivity (Wildman–Crippen MR) is 107 cm³/mol. The molecule has 4 rings (SSSR count). The maximum Gasteiger partial charge on any atom is 0.344 e. The lowest BCUT2D eigenvalue weighted by molar-refractivity contribution is -0.131. The highest BCUT2D eigenvalue weighted by Crippen LogP contribution is 2.41. The van der Waals surface area contributed by atoms with Crippen molar-refractivity contribution in [3.05, 3.63) is 52.8 Å². The van der Waals surface area contributed by atoms with Crippen molar-refractivity contribution >= 4 is 23.5 Å². The van der Waals surface area contributed by atoms with Crippen molar-refractivity contribution in [2.24, 2.45) is 11.8 Å². The Bertz CT molecular complexity index is 882. The van der Waals surface area contributed by atoms with Crippen LogP contribution in [0.25, 0.3) is 0 Å². The molecule has 0 radical (unpaired) electrons. The Labute approximate surface area is 170 Å². The molecule has 1 aliphatic carbocycles. The number of fused-ring (bicyclic) bond motifs is 1. The molecule has 2 amide bonds. The van der Waals surface area contributed by atoms with Crippen LogP contribution in [0.5, 0.6) is 0 Å². The predicted octanol–water partition coefficient (Wildman–Crippen LogP) is 3.57. The maximum atomic E-state index is 12.6. The molecule has 0 spiro atoms. The Kier molecular flexibility index (Phi) is 5.15. The molecule has 1 aliphatic heterocycles. The van der Waals surface area contributed by atoms with E-state index in [4.69, 9.17) is 11.6 Å². The van der Waals surface area contributed by atoms with Gasteiger partial charge >= 0.3 is 6.03 Å². The van der Waals surface area contributed by atoms with E-state index in [2.05, 4.69) is 5.10 Å². The second-order valence-corrected chi connectivity index (χ2v) is 8.44. The molecule has 28 heavy (non-hydrogen) atoms. The highest BCUT2D eigenvalue weighted by Gasteiger charge is 2.44. The van der Waals surface area contributed by atoms with Gasteiger partial charge in [-0.1, -0.05) is 29.8 Å². The Morgan fingerprint density at radius 2 is 1.89 bits per heavy atom. The molecule has 148 valence electrons. The molecule has 1 aromatic carbocycles. The third-order valence-electron chi connectivity index (χ3n) is 6.05. The molecular weight excluding hydrogens is 376 g/mol. The van der Waals surface area contributed by atoms with Gasteiger partial charge in [-0.3, -0.25) is 4.79 Å². The normalized spacial score (nSPS) is 23.7. The zero-order valence-electron chi connectivity index (χ0n) is 16.2. The van der Waals surface area contributed by atoms with Gasteiger partial charge in [0.2, 0.25) is 5.91 Å². The summed E-state index contributed by atoms with van der Waals surface area (Å²) in [6, 6.07) is 7.83. The third-order valence-corrected chi connectivity index (χ3v) is 6.42. The van der Waals surface area contributed by atoms with Crippen molar-refractivity contribution in [1.82, 2.24) is 19.6 Å². The molecule has 1 aromatic heterocycles. The molecule has 2 aliphatic rings. The van der Waals surface area contributed by atoms with E-state index in [0.717, 1.165) is 37.1 Å². The van der Waals surface area contributed by atoms with Gasteiger partial charge in [-0.25, -0.2) is 4.79 Å². The smallest absolute Gasteiger partial charge is 0.336 e. The number of hydrogen-bond acceptors (Lipinski definition) is 3. The standard InChI is InChI=1S/C21H25ClN4O2/c1-14-9-23-26(10-14)21(28)24-11-17-7-19(8-18(17)12-24)25(15(2)27)13-16-5-3-4-6-20(16)22/h3-6,9-10,17-19H,7-8,11-13H2,1-2H3/t17-,18+,19?. The number of aromatic nitrogens is 2. The average molecular weight is 401 g/mol. The van der Waals surface area contributed by atoms with Crippen molar-refractivity contribution in [3.63, 3.8) is 0 Å². The molecule has 6 nitrogen and oxygen atoms in total. The average Bonchev–Trinajstić information content (AvgIpc) is 3.34. The summed E-state index contributed by atoms with van der Waals surface area (Å²) in [6.45, 7) is 5.55. The molecule has 1 unspecified atom stereocenters. The number of carbonyl (C=O) groups is 2. The van der Waals surface area contributed by atoms with Gasteiger partial charge in [0.05, 0.1) is 6.20 Å². The van der Waals surface area contributed by atoms with Crippen LogP contribution in [0.3, 0.4) is 0 Å². The number of hydrogen-bond donors (Lipinski definition) is 0. The second-order valence-electron chi connectivity index (χ2n) is 8.03. The number of carbonyl (C=O) groups excluding carboxylic acids is 2. The van der Waals surface area contributed by atoms with Gasteiger partial charge < -0.3 is 9.80 Å². The summed E-state index contributed by atoms with van der Waals surface area (Å²) < 4.78 is 1.42. The van der Waals surface area contributed by atoms with Crippen LogP contribution < -0.4 is 0 Å². The van der Waals surface area contributed by atoms with Crippen molar-refractivity contribution in [1.29, 1.82) is 0 Å². The lowest BCUT2D eigenvalue weighted by Gasteiger charge is -2.30. The Morgan fingerprint density at radius 1 is 1.21 bits per heavy atom. The lowest BCUT2D eigenvalue weighted by atomic mass is 10.0. The van der Waals surface area contributed by atoms with Crippen molar-refractivity contribution in [2.75, 3.05) is 13.1 Å². The van der Waals surface area contributed by atoms with Gasteiger partial charge in [0.1, 0.15) is 0 Å². The maximum absolute atomic E-state index is 12.6. The number of aryl methyl sites for hydroxylation is 1. The van der Waals surface area contributed by atoms with E-state index in [1.807, 2.05) is 41.0 Å². The summed E-state index contributed by atoms with van der Waals surface area (Å²) in [5.74, 6) is 0.933. The van der Waals surface area contributed by atoms with Crippen molar-refractivity contribution in [2.45, 2.75) is 39.3 Å². The fourth-order valence-electron chi connectivity index (χ4n) is 4.65. The molecule has 2 heterocycles. The Morgan fingerprint density at radius 3 is 2.46 bits per heavy atom. The van der Waals surface area contributed by atoms with Gasteiger partial charge in [0.15, 0.2) is 0 Å². The Hall–Kier alpha value is -2.34. The van der Waals surface area contributed by atoms with Gasteiger partial charge in [-0.2, -0.15) is 9.78 Å². The minimum atomic E-state index is -0.0569. The largest absolute Gasteiger partial charge is 0.344 e. The number of nitrogens with zero attached hydrogens (tertiary/aromatic N) is 4. The molecule has 3 atom stereocenters. The highest BCUT2D eigenvalue weighted by molar-refractivity contribution is 6.31. The second kappa shape index (κ2) is 7.59. The van der Waals surface area contributed by atoms with Crippen molar-refractivity contribution in [3.8, 4) is 0 Å². The van der Waals surface area contributed by atoms with Gasteiger partial charge in [0, 0.05) is 43.8 Å². The zero-order chi connectivity index (χ0) is 19.8. The molecule has 0 N–H and O–H groups in total. The zero-order valence-corrected chi connectivity index (χ0v) is 17.0. The van der Waals surface area contributed by atoms with Gasteiger partial charge in [-0.05, 0) is 48.8 Å². The monoisotopic (exact) mass is 400 g/mol. The van der Waals surface area contributed by atoms with E-state index < -0.39 is 0 Å². The van der Waals surface area contributed by atoms with E-state index in [0.29, 0.717) is 23.4 Å². The van der Waals surface area contributed by atoms with Crippen LogP contribution in [0.4, 0.5) is 4.79 Å². The van der Waals surface area contributed by atoms with Gasteiger partial charge in [0.25, 0.3) is 0 Å². The molecule has 1 saturated heterocycles. The number of likely N-dealkylation sites (tertiary alicyclic amines) is 1. The van der Waals surface area contributed by atoms with E-state index >= 15 is 0 Å². The topological polar surface area (TPSA) is 58.4 Å². The first kappa shape index (κ1) is 19.0. The summed E-state index contributed by atoms with van der Waals surface area (Å²) in [7, 11) is 0. The quantitative estimate of drug-likeness (QED) is 0.791. The minimum absolute atomic E-state index is 0.0569. The van der Waals surface area contributed by atoms with E-state index in [1.54, 1.807) is 19.3 Å². The minimum Gasteiger partial charge on any atom is -0.336 e. The highest BCUT2D eigenvalue weighted by atomic mass is 35.5. The molecule has 1 saturated carbocycles. The van der Waals surface area contributed by atoms with Crippen LogP contribution in [0.15, 0.2) is 36.7 Å². The van der Waals surface area contributed by atoms with Crippen LogP contribution in [0.1, 0.15) is 30.9 Å². The fourth-order valence-corrected chi connectivity index (χ4v) is 4.84. The summed E-state index contributed by atoms with van der Waals surface area (Å²) in [4.78, 5) is 28.8. The molecule has 2 aromatic rings. The van der Waals surface area contributed by atoms with Crippen LogP contribution in [-0.2, 0) is 11.3 Å². The fraction of sp³-hybridized carbons (Fsp3) is 0.476. The van der Waals surface area contributed by atoms with E-state index in [-0.39, 0.29) is 18.0 Å². The molecular formula is C21H25ClN4O2. The summed E-state index contributed by atoms with van der Waals surface area (Å²) >= 11 is 6.30. The number of rotatable bonds is 3. The van der Waals surface area contributed by atoms with E-state index in [1.165, 1.54) is 4.68 Å². The molecule has 2 fully saturated rings. The van der Waals surface area contributed by atoms with Crippen molar-refractivity contribution < 1.29 is 9.59 Å². The summed E-state index contributed by atoms with van der Waals surface area (Å²) in [5.41, 5.74) is 1.95. The van der Waals surface area contributed by atoms with Crippen LogP contribution in [0, 0.1) is 18.8 Å². The lowest BCUT2D eigenvalue weighted by Crippen LogP contribution is -2.39. The van der Waals surface area contributed by atoms with Crippen LogP contribution in [-0.4, -0.2) is 50.6 Å². The summed E-state index contributed by atoms with van der Waals surface area (Å²) in [5, 5.41) is 4.83. The number of amides is 2. The number of benzene rings is 1. The first-order valence-electron chi connectivity index (χ1n) is 9.73. The first-order chi connectivity index (χ1) is 13.4. The SMILES string of the molecule is CC(=O)N(Cc1ccccc1Cl)C1C[C@@H]2CN(C(=O)n3cc(C)cn3)C[C@@H]2C1. The van der Waals surface area contributed by atoms with Gasteiger partial charge in [-0.15, -0.1) is 0 Å². The molecule has 7 heteroatoms. The van der Waals surface area contributed by atoms with Crippen LogP contribution >= 0.6 is 11.6 Å². The molecule has 0 bridgehead atoms. The third kappa shape index (κ3) is 3.65. The van der Waals surface area contributed by atoms with Crippen LogP contribution in [0.2, 0.25) is 5.02 Å². The summed E-state index contributed by atoms with van der Waals surface area (Å²) in [6.07, 6.45) is 5.32. The van der Waals surface area contributed by atoms with E-state index in [9.17, 15) is 9.59 Å². The first-order valence-corrected chi connectivity index (χ1v) is 10.1. The number of halogens is 1.